The van der Waals surface area contributed by atoms with Crippen LogP contribution in [0.1, 0.15) is 33.1 Å². The number of unbranched alkanes of at least 4 members (excludes halogenated alkanes) is 1. The third-order valence-corrected chi connectivity index (χ3v) is 2.65. The molecule has 0 saturated carbocycles. The highest BCUT2D eigenvalue weighted by molar-refractivity contribution is 8.93. The lowest BCUT2D eigenvalue weighted by molar-refractivity contribution is 0.0577. The SMILES string of the molecule is Br.CCCCC(C)C1COCCN1. The predicted molar refractivity (Wildman–Crippen MR) is 61.6 cm³/mol. The zero-order chi connectivity index (χ0) is 8.81. The lowest BCUT2D eigenvalue weighted by Crippen LogP contribution is -2.45. The Kier molecular flexibility index (Phi) is 8.01. The van der Waals surface area contributed by atoms with Crippen LogP contribution in [0.15, 0.2) is 0 Å². The molecule has 0 amide bonds. The van der Waals surface area contributed by atoms with Gasteiger partial charge in [-0.25, -0.2) is 0 Å². The van der Waals surface area contributed by atoms with Crippen LogP contribution in [0.4, 0.5) is 0 Å². The maximum absolute atomic E-state index is 5.42. The average Bonchev–Trinajstić information content (AvgIpc) is 2.15. The fourth-order valence-electron chi connectivity index (χ4n) is 1.68. The summed E-state index contributed by atoms with van der Waals surface area (Å²) in [5.41, 5.74) is 0. The standard InChI is InChI=1S/C10H21NO.BrH/c1-3-4-5-9(2)10-8-12-7-6-11-10;/h9-11H,3-8H2,1-2H3;1H. The Morgan fingerprint density at radius 3 is 2.85 bits per heavy atom. The number of halogens is 1. The molecule has 1 saturated heterocycles. The molecule has 0 radical (unpaired) electrons. The molecule has 1 aliphatic rings. The molecule has 80 valence electrons. The van der Waals surface area contributed by atoms with E-state index < -0.39 is 0 Å². The number of morpholine rings is 1. The molecule has 2 unspecified atom stereocenters. The van der Waals surface area contributed by atoms with E-state index in [-0.39, 0.29) is 17.0 Å². The van der Waals surface area contributed by atoms with Crippen LogP contribution in [0.5, 0.6) is 0 Å². The zero-order valence-corrected chi connectivity index (χ0v) is 10.4. The van der Waals surface area contributed by atoms with Gasteiger partial charge >= 0.3 is 0 Å². The Hall–Kier alpha value is 0.400. The van der Waals surface area contributed by atoms with Crippen molar-refractivity contribution in [2.45, 2.75) is 39.2 Å². The van der Waals surface area contributed by atoms with E-state index in [0.717, 1.165) is 25.7 Å². The average molecular weight is 252 g/mol. The summed E-state index contributed by atoms with van der Waals surface area (Å²) in [5.74, 6) is 0.769. The van der Waals surface area contributed by atoms with Gasteiger partial charge in [-0.05, 0) is 12.3 Å². The third kappa shape index (κ3) is 4.99. The molecule has 2 atom stereocenters. The topological polar surface area (TPSA) is 21.3 Å². The van der Waals surface area contributed by atoms with Gasteiger partial charge in [0, 0.05) is 12.6 Å². The molecule has 1 rings (SSSR count). The van der Waals surface area contributed by atoms with Crippen LogP contribution in [0.25, 0.3) is 0 Å². The highest BCUT2D eigenvalue weighted by Crippen LogP contribution is 2.13. The first-order chi connectivity index (χ1) is 5.84. The molecule has 1 fully saturated rings. The fraction of sp³-hybridized carbons (Fsp3) is 1.00. The van der Waals surface area contributed by atoms with Gasteiger partial charge in [-0.1, -0.05) is 26.7 Å². The van der Waals surface area contributed by atoms with Gasteiger partial charge in [0.1, 0.15) is 0 Å². The first-order valence-corrected chi connectivity index (χ1v) is 5.15. The monoisotopic (exact) mass is 251 g/mol. The summed E-state index contributed by atoms with van der Waals surface area (Å²) in [5, 5.41) is 3.50. The van der Waals surface area contributed by atoms with E-state index >= 15 is 0 Å². The molecule has 0 aliphatic carbocycles. The van der Waals surface area contributed by atoms with E-state index in [2.05, 4.69) is 19.2 Å². The van der Waals surface area contributed by atoms with Crippen molar-refractivity contribution >= 4 is 17.0 Å². The second-order valence-corrected chi connectivity index (χ2v) is 3.76. The van der Waals surface area contributed by atoms with Crippen molar-refractivity contribution in [1.29, 1.82) is 0 Å². The van der Waals surface area contributed by atoms with Crippen molar-refractivity contribution in [3.63, 3.8) is 0 Å². The summed E-state index contributed by atoms with van der Waals surface area (Å²) < 4.78 is 5.42. The molecule has 1 heterocycles. The maximum atomic E-state index is 5.42. The van der Waals surface area contributed by atoms with E-state index in [1.165, 1.54) is 19.3 Å². The minimum atomic E-state index is 0. The van der Waals surface area contributed by atoms with Crippen LogP contribution < -0.4 is 5.32 Å². The van der Waals surface area contributed by atoms with Crippen LogP contribution in [-0.2, 0) is 4.74 Å². The summed E-state index contributed by atoms with van der Waals surface area (Å²) in [4.78, 5) is 0. The highest BCUT2D eigenvalue weighted by Gasteiger charge is 2.18. The van der Waals surface area contributed by atoms with Gasteiger partial charge in [-0.3, -0.25) is 0 Å². The predicted octanol–water partition coefficient (Wildman–Crippen LogP) is 2.38. The number of nitrogens with one attached hydrogen (secondary N) is 1. The Labute approximate surface area is 92.2 Å². The van der Waals surface area contributed by atoms with Gasteiger partial charge in [0.05, 0.1) is 13.2 Å². The molecule has 1 N–H and O–H groups in total. The first kappa shape index (κ1) is 13.4. The van der Waals surface area contributed by atoms with E-state index in [0.29, 0.717) is 6.04 Å². The van der Waals surface area contributed by atoms with Gasteiger partial charge < -0.3 is 10.1 Å². The number of rotatable bonds is 4. The molecule has 0 bridgehead atoms. The molecule has 0 spiro atoms. The van der Waals surface area contributed by atoms with Crippen molar-refractivity contribution in [2.75, 3.05) is 19.8 Å². The van der Waals surface area contributed by atoms with Crippen molar-refractivity contribution < 1.29 is 4.74 Å². The van der Waals surface area contributed by atoms with Crippen LogP contribution in [0, 0.1) is 5.92 Å². The Balaban J connectivity index is 0.00000144. The molecule has 0 aromatic rings. The minimum absolute atomic E-state index is 0. The van der Waals surface area contributed by atoms with Gasteiger partial charge in [0.2, 0.25) is 0 Å². The summed E-state index contributed by atoms with van der Waals surface area (Å²) in [6, 6.07) is 0.602. The quantitative estimate of drug-likeness (QED) is 0.829. The molecule has 2 nitrogen and oxygen atoms in total. The highest BCUT2D eigenvalue weighted by atomic mass is 79.9. The largest absolute Gasteiger partial charge is 0.379 e. The van der Waals surface area contributed by atoms with Crippen molar-refractivity contribution in [3.05, 3.63) is 0 Å². The second-order valence-electron chi connectivity index (χ2n) is 3.76. The molecule has 1 aliphatic heterocycles. The van der Waals surface area contributed by atoms with Crippen molar-refractivity contribution in [3.8, 4) is 0 Å². The van der Waals surface area contributed by atoms with E-state index in [1.807, 2.05) is 0 Å². The summed E-state index contributed by atoms with van der Waals surface area (Å²) in [7, 11) is 0. The third-order valence-electron chi connectivity index (χ3n) is 2.65. The number of ether oxygens (including phenoxy) is 1. The molecular weight excluding hydrogens is 230 g/mol. The first-order valence-electron chi connectivity index (χ1n) is 5.15. The lowest BCUT2D eigenvalue weighted by atomic mass is 9.96. The van der Waals surface area contributed by atoms with E-state index in [9.17, 15) is 0 Å². The van der Waals surface area contributed by atoms with Gasteiger partial charge in [0.15, 0.2) is 0 Å². The number of hydrogen-bond acceptors (Lipinski definition) is 2. The van der Waals surface area contributed by atoms with Crippen molar-refractivity contribution in [2.24, 2.45) is 5.92 Å². The Morgan fingerprint density at radius 1 is 1.54 bits per heavy atom. The molecule has 3 heteroatoms. The van der Waals surface area contributed by atoms with Gasteiger partial charge in [0.25, 0.3) is 0 Å². The fourth-order valence-corrected chi connectivity index (χ4v) is 1.68. The second kappa shape index (κ2) is 7.77. The summed E-state index contributed by atoms with van der Waals surface area (Å²) in [6.07, 6.45) is 3.98. The van der Waals surface area contributed by atoms with E-state index in [4.69, 9.17) is 4.74 Å². The smallest absolute Gasteiger partial charge is 0.0622 e. The normalized spacial score (nSPS) is 24.9. The maximum Gasteiger partial charge on any atom is 0.0622 e. The molecule has 0 aromatic carbocycles. The molecule has 0 aromatic heterocycles. The molecular formula is C10H22BrNO. The van der Waals surface area contributed by atoms with Gasteiger partial charge in [-0.2, -0.15) is 0 Å². The molecule has 13 heavy (non-hydrogen) atoms. The van der Waals surface area contributed by atoms with Crippen LogP contribution in [0.2, 0.25) is 0 Å². The van der Waals surface area contributed by atoms with E-state index in [1.54, 1.807) is 0 Å². The Morgan fingerprint density at radius 2 is 2.31 bits per heavy atom. The van der Waals surface area contributed by atoms with Gasteiger partial charge in [-0.15, -0.1) is 17.0 Å². The van der Waals surface area contributed by atoms with Crippen molar-refractivity contribution in [1.82, 2.24) is 5.32 Å². The number of hydrogen-bond donors (Lipinski definition) is 1. The summed E-state index contributed by atoms with van der Waals surface area (Å²) >= 11 is 0. The zero-order valence-electron chi connectivity index (χ0n) is 8.71. The lowest BCUT2D eigenvalue weighted by Gasteiger charge is -2.29. The summed E-state index contributed by atoms with van der Waals surface area (Å²) in [6.45, 7) is 7.39. The van der Waals surface area contributed by atoms with Crippen LogP contribution >= 0.6 is 17.0 Å². The van der Waals surface area contributed by atoms with Crippen LogP contribution in [0.3, 0.4) is 0 Å². The Bertz CT molecular complexity index is 115. The minimum Gasteiger partial charge on any atom is -0.379 e. The van der Waals surface area contributed by atoms with Crippen LogP contribution in [-0.4, -0.2) is 25.8 Å².